The van der Waals surface area contributed by atoms with Crippen LogP contribution in [0.15, 0.2) is 46.9 Å². The lowest BCUT2D eigenvalue weighted by Gasteiger charge is -2.30. The van der Waals surface area contributed by atoms with Crippen molar-refractivity contribution in [1.29, 1.82) is 0 Å². The number of nitrogens with zero attached hydrogens (tertiary/aromatic N) is 1. The van der Waals surface area contributed by atoms with Crippen LogP contribution in [0.1, 0.15) is 35.7 Å². The van der Waals surface area contributed by atoms with Gasteiger partial charge in [-0.3, -0.25) is 9.69 Å². The van der Waals surface area contributed by atoms with Gasteiger partial charge in [-0.15, -0.1) is 0 Å². The molecule has 3 rings (SSSR count). The maximum atomic E-state index is 12.4. The van der Waals surface area contributed by atoms with Crippen LogP contribution in [-0.2, 0) is 6.54 Å². The molecule has 0 bridgehead atoms. The summed E-state index contributed by atoms with van der Waals surface area (Å²) in [5, 5.41) is 3.45. The maximum Gasteiger partial charge on any atom is 0.255 e. The van der Waals surface area contributed by atoms with Gasteiger partial charge in [0, 0.05) is 28.8 Å². The summed E-state index contributed by atoms with van der Waals surface area (Å²) in [6, 6.07) is 13.2. The smallest absolute Gasteiger partial charge is 0.255 e. The molecule has 0 radical (unpaired) electrons. The number of hydrogen-bond donors (Lipinski definition) is 1. The Hall–Kier alpha value is -1.36. The number of piperidine rings is 1. The monoisotopic (exact) mass is 420 g/mol. The van der Waals surface area contributed by atoms with Crippen molar-refractivity contribution in [1.82, 2.24) is 4.90 Å². The highest BCUT2D eigenvalue weighted by atomic mass is 79.9. The Bertz CT molecular complexity index is 748. The second-order valence-electron chi connectivity index (χ2n) is 6.76. The zero-order valence-corrected chi connectivity index (χ0v) is 16.6. The van der Waals surface area contributed by atoms with Crippen molar-refractivity contribution in [3.63, 3.8) is 0 Å². The van der Waals surface area contributed by atoms with Gasteiger partial charge in [-0.05, 0) is 77.1 Å². The van der Waals surface area contributed by atoms with Gasteiger partial charge in [0.1, 0.15) is 0 Å². The van der Waals surface area contributed by atoms with Crippen LogP contribution in [0.3, 0.4) is 0 Å². The fraction of sp³-hybridized carbons (Fsp3) is 0.350. The van der Waals surface area contributed by atoms with Crippen LogP contribution in [0.25, 0.3) is 0 Å². The number of carbonyl (C=O) groups is 1. The standard InChI is InChI=1S/C20H22BrClN2O/c1-14-3-2-10-24(12-14)13-15-4-6-16(7-5-15)20(25)23-17-8-9-18(21)19(22)11-17/h4-9,11,14H,2-3,10,12-13H2,1H3,(H,23,25)/t14-/m1/s1. The third kappa shape index (κ3) is 5.06. The van der Waals surface area contributed by atoms with Crippen molar-refractivity contribution >= 4 is 39.1 Å². The summed E-state index contributed by atoms with van der Waals surface area (Å²) >= 11 is 9.41. The molecule has 5 heteroatoms. The van der Waals surface area contributed by atoms with Crippen LogP contribution in [0.4, 0.5) is 5.69 Å². The fourth-order valence-corrected chi connectivity index (χ4v) is 3.65. The van der Waals surface area contributed by atoms with Crippen LogP contribution in [-0.4, -0.2) is 23.9 Å². The lowest BCUT2D eigenvalue weighted by Crippen LogP contribution is -2.33. The van der Waals surface area contributed by atoms with Crippen molar-refractivity contribution in [3.8, 4) is 0 Å². The second kappa shape index (κ2) is 8.35. The molecule has 1 N–H and O–H groups in total. The molecule has 1 atom stereocenters. The number of amides is 1. The molecule has 0 aliphatic carbocycles. The van der Waals surface area contributed by atoms with E-state index >= 15 is 0 Å². The molecule has 0 saturated carbocycles. The van der Waals surface area contributed by atoms with Crippen molar-refractivity contribution in [2.24, 2.45) is 5.92 Å². The van der Waals surface area contributed by atoms with E-state index < -0.39 is 0 Å². The van der Waals surface area contributed by atoms with E-state index in [1.54, 1.807) is 6.07 Å². The van der Waals surface area contributed by atoms with Gasteiger partial charge in [0.25, 0.3) is 5.91 Å². The van der Waals surface area contributed by atoms with Crippen LogP contribution >= 0.6 is 27.5 Å². The number of anilines is 1. The van der Waals surface area contributed by atoms with E-state index in [0.29, 0.717) is 16.3 Å². The summed E-state index contributed by atoms with van der Waals surface area (Å²) in [5.74, 6) is 0.646. The first-order valence-electron chi connectivity index (χ1n) is 8.59. The van der Waals surface area contributed by atoms with Gasteiger partial charge < -0.3 is 5.32 Å². The molecule has 1 heterocycles. The number of benzene rings is 2. The van der Waals surface area contributed by atoms with Crippen LogP contribution in [0.5, 0.6) is 0 Å². The van der Waals surface area contributed by atoms with E-state index in [1.165, 1.54) is 18.4 Å². The number of halogens is 2. The van der Waals surface area contributed by atoms with Crippen molar-refractivity contribution in [3.05, 3.63) is 63.1 Å². The Labute approximate surface area is 162 Å². The predicted octanol–water partition coefficient (Wildman–Crippen LogP) is 5.59. The Morgan fingerprint density at radius 1 is 1.28 bits per heavy atom. The number of likely N-dealkylation sites (tertiary alicyclic amines) is 1. The SMILES string of the molecule is C[C@@H]1CCCN(Cc2ccc(C(=O)Nc3ccc(Br)c(Cl)c3)cc2)C1. The van der Waals surface area contributed by atoms with Gasteiger partial charge in [0.2, 0.25) is 0 Å². The Morgan fingerprint density at radius 2 is 2.04 bits per heavy atom. The van der Waals surface area contributed by atoms with Crippen LogP contribution < -0.4 is 5.32 Å². The molecular weight excluding hydrogens is 400 g/mol. The minimum absolute atomic E-state index is 0.128. The quantitative estimate of drug-likeness (QED) is 0.698. The number of rotatable bonds is 4. The minimum atomic E-state index is -0.128. The number of carbonyl (C=O) groups excluding carboxylic acids is 1. The number of hydrogen-bond acceptors (Lipinski definition) is 2. The minimum Gasteiger partial charge on any atom is -0.322 e. The van der Waals surface area contributed by atoms with Gasteiger partial charge in [-0.2, -0.15) is 0 Å². The van der Waals surface area contributed by atoms with Gasteiger partial charge >= 0.3 is 0 Å². The molecule has 1 amide bonds. The molecule has 1 aliphatic heterocycles. The summed E-state index contributed by atoms with van der Waals surface area (Å²) in [5.41, 5.74) is 2.58. The highest BCUT2D eigenvalue weighted by Gasteiger charge is 2.16. The maximum absolute atomic E-state index is 12.4. The normalized spacial score (nSPS) is 18.1. The summed E-state index contributed by atoms with van der Waals surface area (Å²) in [4.78, 5) is 14.9. The fourth-order valence-electron chi connectivity index (χ4n) is 3.23. The first-order valence-corrected chi connectivity index (χ1v) is 9.76. The zero-order chi connectivity index (χ0) is 17.8. The van der Waals surface area contributed by atoms with E-state index in [4.69, 9.17) is 11.6 Å². The molecule has 132 valence electrons. The number of nitrogens with one attached hydrogen (secondary N) is 1. The van der Waals surface area contributed by atoms with E-state index in [0.717, 1.165) is 30.0 Å². The summed E-state index contributed by atoms with van der Waals surface area (Å²) in [7, 11) is 0. The molecule has 2 aromatic carbocycles. The third-order valence-electron chi connectivity index (χ3n) is 4.54. The van der Waals surface area contributed by atoms with Crippen LogP contribution in [0, 0.1) is 5.92 Å². The molecular formula is C20H22BrClN2O. The Balaban J connectivity index is 1.61. The average Bonchev–Trinajstić information content (AvgIpc) is 2.59. The zero-order valence-electron chi connectivity index (χ0n) is 14.3. The average molecular weight is 422 g/mol. The molecule has 1 aliphatic rings. The summed E-state index contributed by atoms with van der Waals surface area (Å²) in [6.45, 7) is 5.59. The highest BCUT2D eigenvalue weighted by Crippen LogP contribution is 2.26. The summed E-state index contributed by atoms with van der Waals surface area (Å²) in [6.07, 6.45) is 2.60. The molecule has 0 unspecified atom stereocenters. The van der Waals surface area contributed by atoms with Gasteiger partial charge in [-0.1, -0.05) is 30.7 Å². The highest BCUT2D eigenvalue weighted by molar-refractivity contribution is 9.10. The molecule has 3 nitrogen and oxygen atoms in total. The lowest BCUT2D eigenvalue weighted by molar-refractivity contribution is 0.102. The first kappa shape index (κ1) is 18.4. The van der Waals surface area contributed by atoms with Gasteiger partial charge in [0.15, 0.2) is 0 Å². The third-order valence-corrected chi connectivity index (χ3v) is 5.77. The molecule has 1 saturated heterocycles. The molecule has 2 aromatic rings. The molecule has 0 aromatic heterocycles. The molecule has 25 heavy (non-hydrogen) atoms. The Morgan fingerprint density at radius 3 is 2.72 bits per heavy atom. The van der Waals surface area contributed by atoms with Crippen molar-refractivity contribution in [2.75, 3.05) is 18.4 Å². The topological polar surface area (TPSA) is 32.3 Å². The first-order chi connectivity index (χ1) is 12.0. The van der Waals surface area contributed by atoms with E-state index in [9.17, 15) is 4.79 Å². The predicted molar refractivity (Wildman–Crippen MR) is 107 cm³/mol. The van der Waals surface area contributed by atoms with Gasteiger partial charge in [-0.25, -0.2) is 0 Å². The van der Waals surface area contributed by atoms with Crippen molar-refractivity contribution < 1.29 is 4.79 Å². The lowest BCUT2D eigenvalue weighted by atomic mass is 9.99. The van der Waals surface area contributed by atoms with Gasteiger partial charge in [0.05, 0.1) is 5.02 Å². The Kier molecular flexibility index (Phi) is 6.15. The van der Waals surface area contributed by atoms with Crippen LogP contribution in [0.2, 0.25) is 5.02 Å². The molecule has 1 fully saturated rings. The van der Waals surface area contributed by atoms with Crippen molar-refractivity contribution in [2.45, 2.75) is 26.3 Å². The largest absolute Gasteiger partial charge is 0.322 e. The van der Waals surface area contributed by atoms with E-state index in [2.05, 4.69) is 33.1 Å². The second-order valence-corrected chi connectivity index (χ2v) is 8.02. The van der Waals surface area contributed by atoms with E-state index in [-0.39, 0.29) is 5.91 Å². The van der Waals surface area contributed by atoms with E-state index in [1.807, 2.05) is 36.4 Å². The summed E-state index contributed by atoms with van der Waals surface area (Å²) < 4.78 is 0.809. The molecule has 0 spiro atoms.